The van der Waals surface area contributed by atoms with E-state index in [0.717, 1.165) is 6.20 Å². The topological polar surface area (TPSA) is 111 Å². The van der Waals surface area contributed by atoms with E-state index in [2.05, 4.69) is 31.8 Å². The van der Waals surface area contributed by atoms with Crippen molar-refractivity contribution in [1.82, 2.24) is 24.8 Å². The van der Waals surface area contributed by atoms with Gasteiger partial charge in [-0.3, -0.25) is 4.79 Å². The molecule has 8 nitrogen and oxygen atoms in total. The van der Waals surface area contributed by atoms with Gasteiger partial charge in [0.2, 0.25) is 0 Å². The highest BCUT2D eigenvalue weighted by atomic mass is 19.4. The molecule has 0 radical (unpaired) electrons. The Hall–Kier alpha value is -4.69. The number of carbonyl (C=O) groups is 1. The lowest BCUT2D eigenvalue weighted by atomic mass is 10.1. The minimum Gasteiger partial charge on any atom is -0.378 e. The maximum Gasteiger partial charge on any atom is 0.419 e. The van der Waals surface area contributed by atoms with Gasteiger partial charge in [0.05, 0.1) is 30.7 Å². The first-order valence-corrected chi connectivity index (χ1v) is 11.6. The average molecular weight is 518 g/mol. The quantitative estimate of drug-likeness (QED) is 0.277. The fraction of sp³-hybridized carbons (Fsp3) is 0.185. The Morgan fingerprint density at radius 3 is 2.53 bits per heavy atom. The molecule has 4 aromatic rings. The van der Waals surface area contributed by atoms with Crippen molar-refractivity contribution in [3.8, 4) is 11.8 Å². The van der Waals surface area contributed by atoms with Crippen LogP contribution in [0.5, 0.6) is 0 Å². The number of morpholine rings is 1. The van der Waals surface area contributed by atoms with Crippen LogP contribution in [-0.2, 0) is 10.9 Å². The van der Waals surface area contributed by atoms with Gasteiger partial charge in [-0.1, -0.05) is 18.1 Å². The second-order valence-electron chi connectivity index (χ2n) is 8.45. The first-order valence-electron chi connectivity index (χ1n) is 11.6. The zero-order valence-electron chi connectivity index (χ0n) is 19.9. The van der Waals surface area contributed by atoms with Gasteiger partial charge in [0.25, 0.3) is 5.91 Å². The smallest absolute Gasteiger partial charge is 0.378 e. The van der Waals surface area contributed by atoms with Crippen molar-refractivity contribution in [1.29, 1.82) is 5.41 Å². The number of imidazole rings is 1. The lowest BCUT2D eigenvalue weighted by Gasteiger charge is -2.26. The molecular weight excluding hydrogens is 497 g/mol. The number of aromatic amines is 2. The third-order valence-corrected chi connectivity index (χ3v) is 5.96. The molecule has 0 bridgehead atoms. The minimum absolute atomic E-state index is 0.0718. The molecular formula is C27H21F3N6O2. The molecule has 1 fully saturated rings. The van der Waals surface area contributed by atoms with E-state index < -0.39 is 11.7 Å². The molecule has 0 spiro atoms. The third kappa shape index (κ3) is 5.35. The van der Waals surface area contributed by atoms with Crippen LogP contribution in [0, 0.1) is 17.3 Å². The second-order valence-corrected chi connectivity index (χ2v) is 8.45. The molecule has 4 heterocycles. The van der Waals surface area contributed by atoms with Crippen molar-refractivity contribution in [3.05, 3.63) is 88.8 Å². The molecule has 1 saturated heterocycles. The summed E-state index contributed by atoms with van der Waals surface area (Å²) in [6.07, 6.45) is 2.18. The van der Waals surface area contributed by atoms with Crippen LogP contribution in [0.2, 0.25) is 0 Å². The van der Waals surface area contributed by atoms with E-state index in [-0.39, 0.29) is 22.6 Å². The van der Waals surface area contributed by atoms with Gasteiger partial charge in [0.1, 0.15) is 17.2 Å². The SMILES string of the molecule is N=C(/C=C\c1ncc(C#Cc2c(C(F)(F)F)cnc3[nH]ccc23)[nH]1)c1ccc(C(=O)N2CCOCC2)cc1. The summed E-state index contributed by atoms with van der Waals surface area (Å²) in [5.74, 6) is 5.61. The van der Waals surface area contributed by atoms with Gasteiger partial charge in [-0.15, -0.1) is 0 Å². The highest BCUT2D eigenvalue weighted by molar-refractivity contribution is 6.09. The monoisotopic (exact) mass is 518 g/mol. The molecule has 1 aliphatic rings. The van der Waals surface area contributed by atoms with Crippen LogP contribution >= 0.6 is 0 Å². The molecule has 3 N–H and O–H groups in total. The first-order chi connectivity index (χ1) is 18.3. The Morgan fingerprint density at radius 1 is 1.05 bits per heavy atom. The van der Waals surface area contributed by atoms with Gasteiger partial charge < -0.3 is 25.0 Å². The standard InChI is InChI=1S/C27H21F3N6O2/c28-27(29,30)22-16-34-25-21(9-10-32-25)20(22)6-5-19-15-33-24(35-19)8-7-23(31)17-1-3-18(4-2-17)26(37)36-11-13-38-14-12-36/h1-4,7-10,15-16,31H,11-14H2,(H,32,34)(H,33,35)/b8-7-,31-23?. The number of amides is 1. The average Bonchev–Trinajstić information content (AvgIpc) is 3.59. The van der Waals surface area contributed by atoms with E-state index >= 15 is 0 Å². The van der Waals surface area contributed by atoms with Crippen molar-refractivity contribution in [2.45, 2.75) is 6.18 Å². The van der Waals surface area contributed by atoms with Gasteiger partial charge in [0.15, 0.2) is 0 Å². The number of rotatable bonds is 4. The van der Waals surface area contributed by atoms with E-state index in [0.29, 0.717) is 54.6 Å². The van der Waals surface area contributed by atoms with Gasteiger partial charge in [-0.05, 0) is 41.8 Å². The molecule has 0 saturated carbocycles. The third-order valence-electron chi connectivity index (χ3n) is 5.96. The molecule has 1 amide bonds. The van der Waals surface area contributed by atoms with Crippen LogP contribution in [0.15, 0.2) is 55.0 Å². The van der Waals surface area contributed by atoms with Crippen molar-refractivity contribution in [2.24, 2.45) is 0 Å². The summed E-state index contributed by atoms with van der Waals surface area (Å²) < 4.78 is 45.7. The van der Waals surface area contributed by atoms with E-state index in [9.17, 15) is 18.0 Å². The first kappa shape index (κ1) is 25.0. The molecule has 3 aromatic heterocycles. The molecule has 0 unspecified atom stereocenters. The van der Waals surface area contributed by atoms with Crippen LogP contribution < -0.4 is 0 Å². The van der Waals surface area contributed by atoms with Crippen LogP contribution in [0.1, 0.15) is 38.6 Å². The molecule has 0 atom stereocenters. The zero-order chi connectivity index (χ0) is 26.7. The molecule has 192 valence electrons. The number of hydrogen-bond donors (Lipinski definition) is 3. The van der Waals surface area contributed by atoms with Crippen molar-refractivity contribution in [2.75, 3.05) is 26.3 Å². The number of carbonyl (C=O) groups excluding carboxylic acids is 1. The fourth-order valence-electron chi connectivity index (χ4n) is 3.97. The number of H-pyrrole nitrogens is 2. The molecule has 0 aliphatic carbocycles. The Morgan fingerprint density at radius 2 is 1.79 bits per heavy atom. The fourth-order valence-corrected chi connectivity index (χ4v) is 3.97. The van der Waals surface area contributed by atoms with Crippen molar-refractivity contribution < 1.29 is 22.7 Å². The molecule has 38 heavy (non-hydrogen) atoms. The zero-order valence-corrected chi connectivity index (χ0v) is 19.9. The summed E-state index contributed by atoms with van der Waals surface area (Å²) in [7, 11) is 0. The van der Waals surface area contributed by atoms with Gasteiger partial charge in [0, 0.05) is 42.0 Å². The Labute approximate surface area is 215 Å². The van der Waals surface area contributed by atoms with E-state index in [1.54, 1.807) is 35.2 Å². The van der Waals surface area contributed by atoms with Crippen LogP contribution in [0.3, 0.4) is 0 Å². The predicted molar refractivity (Wildman–Crippen MR) is 135 cm³/mol. The molecule has 1 aromatic carbocycles. The molecule has 11 heteroatoms. The largest absolute Gasteiger partial charge is 0.419 e. The number of alkyl halides is 3. The maximum absolute atomic E-state index is 13.5. The van der Waals surface area contributed by atoms with E-state index in [1.165, 1.54) is 24.5 Å². The summed E-state index contributed by atoms with van der Waals surface area (Å²) in [6, 6.07) is 8.28. The van der Waals surface area contributed by atoms with E-state index in [1.807, 2.05) is 0 Å². The second kappa shape index (κ2) is 10.4. The number of aromatic nitrogens is 4. The molecule has 1 aliphatic heterocycles. The van der Waals surface area contributed by atoms with Gasteiger partial charge in [-0.2, -0.15) is 13.2 Å². The van der Waals surface area contributed by atoms with Crippen LogP contribution in [0.4, 0.5) is 13.2 Å². The lowest BCUT2D eigenvalue weighted by molar-refractivity contribution is -0.137. The number of allylic oxidation sites excluding steroid dienone is 1. The number of ether oxygens (including phenoxy) is 1. The Balaban J connectivity index is 1.28. The number of benzene rings is 1. The number of halogens is 3. The van der Waals surface area contributed by atoms with Gasteiger partial charge in [-0.25, -0.2) is 9.97 Å². The summed E-state index contributed by atoms with van der Waals surface area (Å²) in [5, 5.41) is 8.59. The highest BCUT2D eigenvalue weighted by Gasteiger charge is 2.34. The number of pyridine rings is 1. The number of fused-ring (bicyclic) bond motifs is 1. The summed E-state index contributed by atoms with van der Waals surface area (Å²) in [6.45, 7) is 2.15. The van der Waals surface area contributed by atoms with Crippen molar-refractivity contribution in [3.63, 3.8) is 0 Å². The van der Waals surface area contributed by atoms with Gasteiger partial charge >= 0.3 is 6.18 Å². The Bertz CT molecular complexity index is 1580. The maximum atomic E-state index is 13.5. The normalized spacial score (nSPS) is 14.0. The molecule has 5 rings (SSSR count). The summed E-state index contributed by atoms with van der Waals surface area (Å²) in [4.78, 5) is 28.0. The summed E-state index contributed by atoms with van der Waals surface area (Å²) >= 11 is 0. The van der Waals surface area contributed by atoms with Crippen LogP contribution in [0.25, 0.3) is 17.1 Å². The highest BCUT2D eigenvalue weighted by Crippen LogP contribution is 2.34. The summed E-state index contributed by atoms with van der Waals surface area (Å²) in [5.41, 5.74) is 0.889. The van der Waals surface area contributed by atoms with Crippen LogP contribution in [-0.4, -0.2) is 62.8 Å². The van der Waals surface area contributed by atoms with E-state index in [4.69, 9.17) is 10.1 Å². The lowest BCUT2D eigenvalue weighted by Crippen LogP contribution is -2.40. The van der Waals surface area contributed by atoms with Crippen molar-refractivity contribution >= 4 is 28.7 Å². The number of hydrogen-bond acceptors (Lipinski definition) is 5. The minimum atomic E-state index is -4.60. The predicted octanol–water partition coefficient (Wildman–Crippen LogP) is 4.26. The number of nitrogens with zero attached hydrogens (tertiary/aromatic N) is 3. The Kier molecular flexibility index (Phi) is 6.81. The number of nitrogens with one attached hydrogen (secondary N) is 3.